The maximum Gasteiger partial charge on any atom is 0.356 e. The Labute approximate surface area is 286 Å². The van der Waals surface area contributed by atoms with E-state index in [2.05, 4.69) is 46.8 Å². The lowest BCUT2D eigenvalue weighted by molar-refractivity contribution is -0.195. The highest BCUT2D eigenvalue weighted by molar-refractivity contribution is 5.67. The van der Waals surface area contributed by atoms with Crippen molar-refractivity contribution in [2.24, 2.45) is 40.4 Å². The maximum atomic E-state index is 15.0. The second-order valence-electron chi connectivity index (χ2n) is 17.2. The highest BCUT2D eigenvalue weighted by atomic mass is 16.7. The Bertz CT molecular complexity index is 1710. The van der Waals surface area contributed by atoms with Gasteiger partial charge in [-0.3, -0.25) is 0 Å². The van der Waals surface area contributed by atoms with Gasteiger partial charge in [-0.25, -0.2) is 18.8 Å². The maximum absolute atomic E-state index is 15.0. The van der Waals surface area contributed by atoms with Crippen LogP contribution in [0.15, 0.2) is 57.6 Å². The summed E-state index contributed by atoms with van der Waals surface area (Å²) < 4.78 is 17.9. The van der Waals surface area contributed by atoms with E-state index in [0.29, 0.717) is 23.4 Å². The molecule has 3 saturated carbocycles. The summed E-state index contributed by atoms with van der Waals surface area (Å²) in [5.74, 6) is 2.63. The van der Waals surface area contributed by atoms with Crippen molar-refractivity contribution in [3.8, 4) is 5.69 Å². The molecule has 4 unspecified atom stereocenters. The molecular formula is C41H57N3O4. The molecule has 1 saturated heterocycles. The number of ether oxygens (including phenoxy) is 2. The molecule has 1 aromatic carbocycles. The molecule has 6 aliphatic rings. The van der Waals surface area contributed by atoms with E-state index in [0.717, 1.165) is 69.6 Å². The second-order valence-corrected chi connectivity index (χ2v) is 17.2. The molecule has 2 bridgehead atoms. The first kappa shape index (κ1) is 32.6. The van der Waals surface area contributed by atoms with Crippen LogP contribution in [0.25, 0.3) is 11.4 Å². The molecule has 8 rings (SSSR count). The predicted molar refractivity (Wildman–Crippen MR) is 190 cm³/mol. The Kier molecular flexibility index (Phi) is 8.14. The van der Waals surface area contributed by atoms with E-state index < -0.39 is 5.54 Å². The Morgan fingerprint density at radius 1 is 0.938 bits per heavy atom. The highest BCUT2D eigenvalue weighted by Gasteiger charge is 2.68. The van der Waals surface area contributed by atoms with Crippen LogP contribution in [-0.4, -0.2) is 32.9 Å². The minimum atomic E-state index is -0.552. The number of hydrogen-bond acceptors (Lipinski definition) is 4. The Morgan fingerprint density at radius 3 is 2.50 bits per heavy atom. The van der Waals surface area contributed by atoms with Gasteiger partial charge in [-0.15, -0.1) is 0 Å². The van der Waals surface area contributed by atoms with Gasteiger partial charge in [0.15, 0.2) is 6.29 Å². The minimum Gasteiger partial charge on any atom is -0.353 e. The Morgan fingerprint density at radius 2 is 1.75 bits per heavy atom. The van der Waals surface area contributed by atoms with Crippen molar-refractivity contribution >= 4 is 5.70 Å². The van der Waals surface area contributed by atoms with E-state index in [1.165, 1.54) is 42.2 Å². The topological polar surface area (TPSA) is 67.4 Å². The van der Waals surface area contributed by atoms with Crippen molar-refractivity contribution in [1.29, 1.82) is 0 Å². The largest absolute Gasteiger partial charge is 0.356 e. The van der Waals surface area contributed by atoms with Crippen LogP contribution in [0.1, 0.15) is 118 Å². The summed E-state index contributed by atoms with van der Waals surface area (Å²) in [4.78, 5) is 29.7. The molecule has 9 atom stereocenters. The van der Waals surface area contributed by atoms with Gasteiger partial charge in [0.05, 0.1) is 23.0 Å². The lowest BCUT2D eigenvalue weighted by Crippen LogP contribution is -2.62. The number of hydrogen-bond donors (Lipinski definition) is 0. The lowest BCUT2D eigenvalue weighted by Gasteiger charge is -2.60. The van der Waals surface area contributed by atoms with E-state index in [-0.39, 0.29) is 40.5 Å². The molecule has 3 aliphatic heterocycles. The summed E-state index contributed by atoms with van der Waals surface area (Å²) in [5, 5.41) is 0. The summed E-state index contributed by atoms with van der Waals surface area (Å²) in [6, 6.07) is 9.54. The van der Waals surface area contributed by atoms with Gasteiger partial charge in [0.2, 0.25) is 0 Å². The molecule has 4 fully saturated rings. The number of rotatable bonds is 8. The zero-order valence-corrected chi connectivity index (χ0v) is 30.0. The van der Waals surface area contributed by atoms with Gasteiger partial charge in [0.1, 0.15) is 0 Å². The molecule has 3 aliphatic carbocycles. The molecule has 0 radical (unpaired) electrons. The van der Waals surface area contributed by atoms with Crippen molar-refractivity contribution in [2.75, 3.05) is 6.61 Å². The lowest BCUT2D eigenvalue weighted by atomic mass is 9.47. The summed E-state index contributed by atoms with van der Waals surface area (Å²) in [6.07, 6.45) is 18.9. The van der Waals surface area contributed by atoms with Gasteiger partial charge in [-0.1, -0.05) is 71.7 Å². The summed E-state index contributed by atoms with van der Waals surface area (Å²) in [7, 11) is 0. The van der Waals surface area contributed by atoms with Crippen molar-refractivity contribution in [3.05, 3.63) is 69.0 Å². The van der Waals surface area contributed by atoms with Gasteiger partial charge in [-0.05, 0) is 135 Å². The molecule has 2 aromatic rings. The van der Waals surface area contributed by atoms with Gasteiger partial charge < -0.3 is 9.47 Å². The number of para-hydroxylation sites is 1. The molecule has 1 spiro atoms. The van der Waals surface area contributed by atoms with E-state index in [4.69, 9.17) is 9.47 Å². The smallest absolute Gasteiger partial charge is 0.353 e. The number of allylic oxidation sites excluding steroid dienone is 3. The first-order chi connectivity index (χ1) is 23.1. The molecule has 1 aromatic heterocycles. The standard InChI is InChI=1S/C41H57N3O4/c1-27(2)28(3)12-11-13-29-17-18-34-39(29,4)23-21-35-40(5)22-19-31(48-36-16-9-10-25-47-36)26-32(40)33-20-24-41(34,35)44-38(46)42(37(45)43(33)44)30-14-7-6-8-15-30/h6-8,14-15,20,24,27-29,31,34-36H,9-13,16-19,21-23,25-26H2,1-5H3/t28-,29?,31-,34?,35?,36?,39+,40-,41-/m0/s1. The van der Waals surface area contributed by atoms with Crippen LogP contribution in [-0.2, 0) is 15.0 Å². The third-order valence-electron chi connectivity index (χ3n) is 14.7. The normalized spacial score (nSPS) is 37.6. The second kappa shape index (κ2) is 12.0. The molecule has 4 heterocycles. The number of nitrogens with zero attached hydrogens (tertiary/aromatic N) is 3. The van der Waals surface area contributed by atoms with Crippen LogP contribution in [0.4, 0.5) is 0 Å². The van der Waals surface area contributed by atoms with Crippen LogP contribution in [0.2, 0.25) is 0 Å². The van der Waals surface area contributed by atoms with Crippen LogP contribution in [0.3, 0.4) is 0 Å². The van der Waals surface area contributed by atoms with Crippen LogP contribution in [0, 0.1) is 40.4 Å². The zero-order chi connectivity index (χ0) is 33.4. The minimum absolute atomic E-state index is 0.0511. The zero-order valence-electron chi connectivity index (χ0n) is 30.0. The van der Waals surface area contributed by atoms with Gasteiger partial charge in [0, 0.05) is 6.61 Å². The molecule has 48 heavy (non-hydrogen) atoms. The molecule has 260 valence electrons. The Balaban J connectivity index is 1.24. The molecule has 7 heteroatoms. The fourth-order valence-electron chi connectivity index (χ4n) is 11.7. The van der Waals surface area contributed by atoms with E-state index in [1.54, 1.807) is 0 Å². The van der Waals surface area contributed by atoms with Gasteiger partial charge >= 0.3 is 11.4 Å². The van der Waals surface area contributed by atoms with Gasteiger partial charge in [-0.2, -0.15) is 4.68 Å². The first-order valence-corrected chi connectivity index (χ1v) is 19.3. The third kappa shape index (κ3) is 4.72. The fraction of sp³-hybridized carbons (Fsp3) is 0.707. The van der Waals surface area contributed by atoms with Crippen LogP contribution in [0.5, 0.6) is 0 Å². The molecule has 0 N–H and O–H groups in total. The Hall–Kier alpha value is -2.64. The number of benzene rings is 1. The van der Waals surface area contributed by atoms with Crippen molar-refractivity contribution in [2.45, 2.75) is 136 Å². The average Bonchev–Trinajstić information content (AvgIpc) is 3.50. The SMILES string of the molecule is CC(C)[C@@H](C)CCCC1CCC2[C@]1(C)CCC1[C@]23C=CC(=C2C[C@@H](OC4CCCCO4)CC[C@@]21C)n1c(=O)n(-c2ccccc2)c(=O)n13. The third-order valence-corrected chi connectivity index (χ3v) is 14.7. The van der Waals surface area contributed by atoms with Crippen molar-refractivity contribution in [3.63, 3.8) is 0 Å². The summed E-state index contributed by atoms with van der Waals surface area (Å²) in [5.41, 5.74) is 1.86. The fourth-order valence-corrected chi connectivity index (χ4v) is 11.7. The summed E-state index contributed by atoms with van der Waals surface area (Å²) >= 11 is 0. The highest BCUT2D eigenvalue weighted by Crippen LogP contribution is 2.70. The summed E-state index contributed by atoms with van der Waals surface area (Å²) in [6.45, 7) is 12.9. The molecule has 0 amide bonds. The number of aromatic nitrogens is 3. The van der Waals surface area contributed by atoms with Gasteiger partial charge in [0.25, 0.3) is 0 Å². The monoisotopic (exact) mass is 655 g/mol. The van der Waals surface area contributed by atoms with E-state index >= 15 is 0 Å². The van der Waals surface area contributed by atoms with E-state index in [9.17, 15) is 9.59 Å². The molecular weight excluding hydrogens is 598 g/mol. The first-order valence-electron chi connectivity index (χ1n) is 19.3. The predicted octanol–water partition coefficient (Wildman–Crippen LogP) is 8.30. The quantitative estimate of drug-likeness (QED) is 0.287. The number of fused-ring (bicyclic) bond motifs is 3. The molecule has 7 nitrogen and oxygen atoms in total. The van der Waals surface area contributed by atoms with Crippen LogP contribution >= 0.6 is 0 Å². The average molecular weight is 656 g/mol. The van der Waals surface area contributed by atoms with E-state index in [1.807, 2.05) is 39.7 Å². The van der Waals surface area contributed by atoms with Crippen molar-refractivity contribution in [1.82, 2.24) is 13.9 Å². The van der Waals surface area contributed by atoms with Crippen molar-refractivity contribution < 1.29 is 9.47 Å². The van der Waals surface area contributed by atoms with Crippen LogP contribution < -0.4 is 11.4 Å².